The Labute approximate surface area is 124 Å². The summed E-state index contributed by atoms with van der Waals surface area (Å²) in [4.78, 5) is 24.8. The van der Waals surface area contributed by atoms with Crippen molar-refractivity contribution in [2.75, 3.05) is 0 Å². The lowest BCUT2D eigenvalue weighted by atomic mass is 9.63. The number of ether oxygens (including phenoxy) is 1. The molecule has 0 N–H and O–H groups in total. The summed E-state index contributed by atoms with van der Waals surface area (Å²) in [7, 11) is 3.23. The van der Waals surface area contributed by atoms with E-state index in [1.54, 1.807) is 14.1 Å². The van der Waals surface area contributed by atoms with Crippen LogP contribution >= 0.6 is 0 Å². The molecule has 1 aromatic heterocycles. The molecule has 116 valence electrons. The minimum Gasteiger partial charge on any atom is -0.472 e. The van der Waals surface area contributed by atoms with E-state index >= 15 is 0 Å². The van der Waals surface area contributed by atoms with Crippen LogP contribution in [0.5, 0.6) is 5.88 Å². The fourth-order valence-electron chi connectivity index (χ4n) is 4.27. The highest BCUT2D eigenvalue weighted by Gasteiger charge is 2.49. The van der Waals surface area contributed by atoms with Crippen molar-refractivity contribution in [2.45, 2.75) is 51.6 Å². The van der Waals surface area contributed by atoms with Crippen LogP contribution in [-0.4, -0.2) is 14.7 Å². The van der Waals surface area contributed by atoms with Crippen molar-refractivity contribution in [1.82, 2.24) is 9.13 Å². The molecule has 1 aliphatic carbocycles. The van der Waals surface area contributed by atoms with Crippen LogP contribution in [0.3, 0.4) is 0 Å². The molecule has 2 aliphatic rings. The third-order valence-corrected chi connectivity index (χ3v) is 5.45. The molecule has 0 spiro atoms. The number of hydrogen-bond donors (Lipinski definition) is 0. The third kappa shape index (κ3) is 1.89. The Hall–Kier alpha value is -1.52. The summed E-state index contributed by atoms with van der Waals surface area (Å²) in [5, 5.41) is 0. The molecule has 3 atom stereocenters. The van der Waals surface area contributed by atoms with Gasteiger partial charge in [0.2, 0.25) is 5.88 Å². The monoisotopic (exact) mass is 292 g/mol. The highest BCUT2D eigenvalue weighted by Crippen LogP contribution is 2.52. The highest BCUT2D eigenvalue weighted by molar-refractivity contribution is 5.34. The van der Waals surface area contributed by atoms with Crippen LogP contribution in [0.15, 0.2) is 9.59 Å². The van der Waals surface area contributed by atoms with Crippen LogP contribution in [0.2, 0.25) is 0 Å². The van der Waals surface area contributed by atoms with Gasteiger partial charge in [-0.25, -0.2) is 4.79 Å². The second kappa shape index (κ2) is 4.49. The van der Waals surface area contributed by atoms with Crippen molar-refractivity contribution < 1.29 is 4.74 Å². The number of aromatic nitrogens is 2. The molecule has 0 unspecified atom stereocenters. The fraction of sp³-hybridized carbons (Fsp3) is 0.750. The van der Waals surface area contributed by atoms with Gasteiger partial charge in [-0.15, -0.1) is 0 Å². The lowest BCUT2D eigenvalue weighted by Crippen LogP contribution is -2.53. The van der Waals surface area contributed by atoms with E-state index in [1.807, 2.05) is 0 Å². The second-order valence-corrected chi connectivity index (χ2v) is 7.17. The van der Waals surface area contributed by atoms with E-state index in [0.29, 0.717) is 23.3 Å². The van der Waals surface area contributed by atoms with E-state index in [9.17, 15) is 9.59 Å². The Morgan fingerprint density at radius 1 is 1.14 bits per heavy atom. The Morgan fingerprint density at radius 2 is 1.81 bits per heavy atom. The summed E-state index contributed by atoms with van der Waals surface area (Å²) < 4.78 is 8.82. The van der Waals surface area contributed by atoms with Gasteiger partial charge in [0.25, 0.3) is 5.56 Å². The van der Waals surface area contributed by atoms with E-state index in [2.05, 4.69) is 20.8 Å². The topological polar surface area (TPSA) is 53.2 Å². The highest BCUT2D eigenvalue weighted by atomic mass is 16.5. The number of hydrogen-bond acceptors (Lipinski definition) is 3. The first-order chi connectivity index (χ1) is 9.75. The molecular weight excluding hydrogens is 268 g/mol. The van der Waals surface area contributed by atoms with E-state index < -0.39 is 0 Å². The van der Waals surface area contributed by atoms with Crippen LogP contribution in [0.4, 0.5) is 0 Å². The summed E-state index contributed by atoms with van der Waals surface area (Å²) in [6, 6.07) is 0. The van der Waals surface area contributed by atoms with Crippen LogP contribution in [0.1, 0.15) is 51.5 Å². The predicted octanol–water partition coefficient (Wildman–Crippen LogP) is 1.77. The van der Waals surface area contributed by atoms with Crippen molar-refractivity contribution in [3.8, 4) is 5.88 Å². The van der Waals surface area contributed by atoms with E-state index in [-0.39, 0.29) is 22.8 Å². The summed E-state index contributed by atoms with van der Waals surface area (Å²) in [6.07, 6.45) is 3.38. The average molecular weight is 292 g/mol. The molecule has 0 bridgehead atoms. The maximum absolute atomic E-state index is 12.7. The normalized spacial score (nSPS) is 30.2. The average Bonchev–Trinajstić information content (AvgIpc) is 2.43. The van der Waals surface area contributed by atoms with Crippen LogP contribution < -0.4 is 16.0 Å². The maximum Gasteiger partial charge on any atom is 0.333 e. The molecular formula is C16H24N2O3. The first-order valence-corrected chi connectivity index (χ1v) is 7.74. The Bertz CT molecular complexity index is 699. The molecule has 1 saturated carbocycles. The van der Waals surface area contributed by atoms with Gasteiger partial charge < -0.3 is 4.74 Å². The molecule has 5 nitrogen and oxygen atoms in total. The minimum atomic E-state index is -0.344. The van der Waals surface area contributed by atoms with Gasteiger partial charge in [-0.3, -0.25) is 13.9 Å². The van der Waals surface area contributed by atoms with Crippen molar-refractivity contribution in [2.24, 2.45) is 25.9 Å². The Kier molecular flexibility index (Phi) is 3.08. The first-order valence-electron chi connectivity index (χ1n) is 7.74. The Morgan fingerprint density at radius 3 is 2.48 bits per heavy atom. The molecule has 21 heavy (non-hydrogen) atoms. The zero-order valence-electron chi connectivity index (χ0n) is 13.5. The van der Waals surface area contributed by atoms with Gasteiger partial charge in [0, 0.05) is 25.9 Å². The molecule has 1 aliphatic heterocycles. The minimum absolute atomic E-state index is 0.183. The van der Waals surface area contributed by atoms with Crippen LogP contribution in [-0.2, 0) is 14.1 Å². The largest absolute Gasteiger partial charge is 0.472 e. The molecule has 0 amide bonds. The quantitative estimate of drug-likeness (QED) is 0.732. The fourth-order valence-corrected chi connectivity index (χ4v) is 4.27. The second-order valence-electron chi connectivity index (χ2n) is 7.17. The van der Waals surface area contributed by atoms with Gasteiger partial charge in [-0.1, -0.05) is 19.8 Å². The lowest BCUT2D eigenvalue weighted by Gasteiger charge is -2.49. The smallest absolute Gasteiger partial charge is 0.333 e. The summed E-state index contributed by atoms with van der Waals surface area (Å²) in [5.41, 5.74) is -0.150. The van der Waals surface area contributed by atoms with Gasteiger partial charge in [0.05, 0.1) is 5.56 Å². The van der Waals surface area contributed by atoms with Crippen molar-refractivity contribution in [3.63, 3.8) is 0 Å². The van der Waals surface area contributed by atoms with E-state index in [4.69, 9.17) is 4.74 Å². The van der Waals surface area contributed by atoms with Gasteiger partial charge in [0.15, 0.2) is 0 Å². The predicted molar refractivity (Wildman–Crippen MR) is 80.9 cm³/mol. The number of nitrogens with zero attached hydrogens (tertiary/aromatic N) is 2. The first kappa shape index (κ1) is 14.4. The third-order valence-electron chi connectivity index (χ3n) is 5.45. The summed E-state index contributed by atoms with van der Waals surface area (Å²) in [6.45, 7) is 6.37. The molecule has 5 heteroatoms. The zero-order chi connectivity index (χ0) is 15.5. The van der Waals surface area contributed by atoms with Gasteiger partial charge >= 0.3 is 5.69 Å². The molecule has 0 radical (unpaired) electrons. The molecule has 0 aromatic carbocycles. The maximum atomic E-state index is 12.7. The van der Waals surface area contributed by atoms with Crippen molar-refractivity contribution in [1.29, 1.82) is 0 Å². The number of rotatable bonds is 0. The zero-order valence-corrected chi connectivity index (χ0v) is 13.5. The van der Waals surface area contributed by atoms with Crippen molar-refractivity contribution in [3.05, 3.63) is 26.4 Å². The van der Waals surface area contributed by atoms with E-state index in [1.165, 1.54) is 15.6 Å². The standard InChI is InChI=1S/C16H24N2O3/c1-9-7-6-8-10-11(9)12-13(19)17(4)15(20)18(5)14(12)21-16(10,2)3/h9-11H,6-8H2,1-5H3/t9-,10-,11+/m1/s1. The van der Waals surface area contributed by atoms with Crippen molar-refractivity contribution >= 4 is 0 Å². The van der Waals surface area contributed by atoms with E-state index in [0.717, 1.165) is 12.8 Å². The van der Waals surface area contributed by atoms with Gasteiger partial charge in [-0.05, 0) is 26.2 Å². The molecule has 1 fully saturated rings. The molecule has 0 saturated heterocycles. The summed E-state index contributed by atoms with van der Waals surface area (Å²) >= 11 is 0. The molecule has 3 rings (SSSR count). The molecule has 2 heterocycles. The van der Waals surface area contributed by atoms with Gasteiger partial charge in [0.1, 0.15) is 5.60 Å². The van der Waals surface area contributed by atoms with Crippen LogP contribution in [0, 0.1) is 11.8 Å². The van der Waals surface area contributed by atoms with Crippen LogP contribution in [0.25, 0.3) is 0 Å². The summed E-state index contributed by atoms with van der Waals surface area (Å²) in [5.74, 6) is 1.43. The lowest BCUT2D eigenvalue weighted by molar-refractivity contribution is -0.0283. The SMILES string of the molecule is C[C@@H]1CCC[C@@H]2[C@H]1c1c(n(C)c(=O)n(C)c1=O)OC2(C)C. The molecule has 1 aromatic rings. The number of fused-ring (bicyclic) bond motifs is 3. The Balaban J connectivity index is 2.34. The van der Waals surface area contributed by atoms with Gasteiger partial charge in [-0.2, -0.15) is 0 Å².